The van der Waals surface area contributed by atoms with E-state index >= 15 is 0 Å². The predicted octanol–water partition coefficient (Wildman–Crippen LogP) is 4.81. The van der Waals surface area contributed by atoms with Gasteiger partial charge in [-0.25, -0.2) is 0 Å². The van der Waals surface area contributed by atoms with Crippen LogP contribution in [0.5, 0.6) is 5.75 Å². The zero-order valence-electron chi connectivity index (χ0n) is 14.4. The third-order valence-electron chi connectivity index (χ3n) is 4.05. The first kappa shape index (κ1) is 16.6. The van der Waals surface area contributed by atoms with Crippen molar-refractivity contribution >= 4 is 0 Å². The summed E-state index contributed by atoms with van der Waals surface area (Å²) in [5.41, 5.74) is 4.46. The first-order chi connectivity index (χ1) is 10.3. The van der Waals surface area contributed by atoms with Gasteiger partial charge in [-0.15, -0.1) is 0 Å². The number of benzene rings is 2. The Balaban J connectivity index is 2.28. The topological polar surface area (TPSA) is 23.5 Å². The number of phenols is 1. The molecule has 0 aromatic heterocycles. The van der Waals surface area contributed by atoms with Crippen LogP contribution in [0, 0.1) is 13.8 Å². The molecule has 0 aliphatic heterocycles. The molecule has 2 heteroatoms. The summed E-state index contributed by atoms with van der Waals surface area (Å²) in [6, 6.07) is 14.6. The van der Waals surface area contributed by atoms with Crippen molar-refractivity contribution in [1.82, 2.24) is 4.90 Å². The van der Waals surface area contributed by atoms with Crippen LogP contribution in [0.25, 0.3) is 0 Å². The highest BCUT2D eigenvalue weighted by Gasteiger charge is 2.23. The van der Waals surface area contributed by atoms with Crippen LogP contribution in [-0.4, -0.2) is 15.5 Å². The lowest BCUT2D eigenvalue weighted by atomic mass is 10.0. The zero-order chi connectivity index (χ0) is 16.3. The normalized spacial score (nSPS) is 11.9. The van der Waals surface area contributed by atoms with Crippen molar-refractivity contribution in [3.05, 3.63) is 64.7 Å². The molecular formula is C20H27NO. The van der Waals surface area contributed by atoms with E-state index in [0.29, 0.717) is 5.75 Å². The molecule has 22 heavy (non-hydrogen) atoms. The first-order valence-corrected chi connectivity index (χ1v) is 7.85. The maximum atomic E-state index is 10.4. The van der Waals surface area contributed by atoms with Crippen LogP contribution in [-0.2, 0) is 13.1 Å². The van der Waals surface area contributed by atoms with Gasteiger partial charge >= 0.3 is 0 Å². The molecule has 0 atom stereocenters. The Morgan fingerprint density at radius 2 is 1.59 bits per heavy atom. The standard InChI is InChI=1S/C20H27NO/c1-15-11-16(2)19(22)18(12-15)14-21(20(3,4)5)13-17-9-7-6-8-10-17/h6-12,22H,13-14H2,1-5H3. The average Bonchev–Trinajstić information content (AvgIpc) is 2.43. The van der Waals surface area contributed by atoms with E-state index in [-0.39, 0.29) is 5.54 Å². The summed E-state index contributed by atoms with van der Waals surface area (Å²) < 4.78 is 0. The monoisotopic (exact) mass is 297 g/mol. The molecule has 0 saturated carbocycles. The fourth-order valence-electron chi connectivity index (χ4n) is 2.71. The molecular weight excluding hydrogens is 270 g/mol. The lowest BCUT2D eigenvalue weighted by Gasteiger charge is -2.36. The maximum Gasteiger partial charge on any atom is 0.122 e. The van der Waals surface area contributed by atoms with Crippen molar-refractivity contribution in [1.29, 1.82) is 0 Å². The molecule has 0 saturated heterocycles. The van der Waals surface area contributed by atoms with Crippen LogP contribution >= 0.6 is 0 Å². The number of rotatable bonds is 4. The summed E-state index contributed by atoms with van der Waals surface area (Å²) in [6.45, 7) is 12.3. The Bertz CT molecular complexity index is 626. The molecule has 2 nitrogen and oxygen atoms in total. The molecule has 0 aliphatic rings. The number of hydrogen-bond donors (Lipinski definition) is 1. The van der Waals surface area contributed by atoms with Gasteiger partial charge in [0.25, 0.3) is 0 Å². The molecule has 0 radical (unpaired) electrons. The van der Waals surface area contributed by atoms with Crippen molar-refractivity contribution in [3.8, 4) is 5.75 Å². The molecule has 1 N–H and O–H groups in total. The second-order valence-corrected chi connectivity index (χ2v) is 7.10. The summed E-state index contributed by atoms with van der Waals surface area (Å²) in [5, 5.41) is 10.4. The largest absolute Gasteiger partial charge is 0.507 e. The molecule has 2 rings (SSSR count). The van der Waals surface area contributed by atoms with Crippen molar-refractivity contribution < 1.29 is 5.11 Å². The summed E-state index contributed by atoms with van der Waals surface area (Å²) in [4.78, 5) is 2.40. The van der Waals surface area contributed by atoms with Gasteiger partial charge in [0.2, 0.25) is 0 Å². The van der Waals surface area contributed by atoms with Crippen LogP contribution in [0.3, 0.4) is 0 Å². The minimum Gasteiger partial charge on any atom is -0.507 e. The lowest BCUT2D eigenvalue weighted by Crippen LogP contribution is -2.40. The third kappa shape index (κ3) is 4.11. The Morgan fingerprint density at radius 3 is 2.18 bits per heavy atom. The van der Waals surface area contributed by atoms with Crippen molar-refractivity contribution in [3.63, 3.8) is 0 Å². The zero-order valence-corrected chi connectivity index (χ0v) is 14.4. The number of aromatic hydroxyl groups is 1. The van der Waals surface area contributed by atoms with Crippen LogP contribution in [0.1, 0.15) is 43.0 Å². The highest BCUT2D eigenvalue weighted by Crippen LogP contribution is 2.28. The summed E-state index contributed by atoms with van der Waals surface area (Å²) >= 11 is 0. The summed E-state index contributed by atoms with van der Waals surface area (Å²) in [7, 11) is 0. The van der Waals surface area contributed by atoms with E-state index in [1.807, 2.05) is 19.1 Å². The van der Waals surface area contributed by atoms with Gasteiger partial charge in [0.1, 0.15) is 5.75 Å². The number of aryl methyl sites for hydroxylation is 2. The second kappa shape index (κ2) is 6.53. The van der Waals surface area contributed by atoms with E-state index in [9.17, 15) is 5.11 Å². The van der Waals surface area contributed by atoms with E-state index in [4.69, 9.17) is 0 Å². The van der Waals surface area contributed by atoms with Gasteiger partial charge in [0.05, 0.1) is 0 Å². The van der Waals surface area contributed by atoms with Crippen molar-refractivity contribution in [2.24, 2.45) is 0 Å². The van der Waals surface area contributed by atoms with Gasteiger partial charge in [-0.1, -0.05) is 48.0 Å². The van der Waals surface area contributed by atoms with Gasteiger partial charge in [-0.05, 0) is 45.7 Å². The Kier molecular flexibility index (Phi) is 4.92. The molecule has 2 aromatic rings. The van der Waals surface area contributed by atoms with E-state index in [1.165, 1.54) is 11.1 Å². The molecule has 0 amide bonds. The Labute approximate surface area is 134 Å². The lowest BCUT2D eigenvalue weighted by molar-refractivity contribution is 0.117. The third-order valence-corrected chi connectivity index (χ3v) is 4.05. The minimum atomic E-state index is 0.0277. The van der Waals surface area contributed by atoms with Gasteiger partial charge < -0.3 is 5.11 Å². The van der Waals surface area contributed by atoms with Crippen LogP contribution in [0.4, 0.5) is 0 Å². The smallest absolute Gasteiger partial charge is 0.122 e. The summed E-state index contributed by atoms with van der Waals surface area (Å²) in [6.07, 6.45) is 0. The van der Waals surface area contributed by atoms with Gasteiger partial charge in [-0.3, -0.25) is 4.90 Å². The number of nitrogens with zero attached hydrogens (tertiary/aromatic N) is 1. The molecule has 0 unspecified atom stereocenters. The molecule has 0 spiro atoms. The molecule has 2 aromatic carbocycles. The molecule has 0 aliphatic carbocycles. The second-order valence-electron chi connectivity index (χ2n) is 7.10. The first-order valence-electron chi connectivity index (χ1n) is 7.85. The van der Waals surface area contributed by atoms with E-state index in [1.54, 1.807) is 0 Å². The molecule has 0 bridgehead atoms. The van der Waals surface area contributed by atoms with Crippen molar-refractivity contribution in [2.45, 2.75) is 53.2 Å². The molecule has 118 valence electrons. The maximum absolute atomic E-state index is 10.4. The van der Waals surface area contributed by atoms with E-state index < -0.39 is 0 Å². The Morgan fingerprint density at radius 1 is 0.955 bits per heavy atom. The Hall–Kier alpha value is -1.80. The molecule has 0 heterocycles. The van der Waals surface area contributed by atoms with Crippen LogP contribution < -0.4 is 0 Å². The highest BCUT2D eigenvalue weighted by atomic mass is 16.3. The van der Waals surface area contributed by atoms with Crippen molar-refractivity contribution in [2.75, 3.05) is 0 Å². The number of hydrogen-bond acceptors (Lipinski definition) is 2. The minimum absolute atomic E-state index is 0.0277. The van der Waals surface area contributed by atoms with E-state index in [0.717, 1.165) is 24.2 Å². The number of phenolic OH excluding ortho intramolecular Hbond substituents is 1. The fraction of sp³-hybridized carbons (Fsp3) is 0.400. The van der Waals surface area contributed by atoms with Gasteiger partial charge in [-0.2, -0.15) is 0 Å². The highest BCUT2D eigenvalue weighted by molar-refractivity contribution is 5.42. The SMILES string of the molecule is Cc1cc(C)c(O)c(CN(Cc2ccccc2)C(C)(C)C)c1. The summed E-state index contributed by atoms with van der Waals surface area (Å²) in [5.74, 6) is 0.424. The molecule has 0 fully saturated rings. The van der Waals surface area contributed by atoms with Crippen LogP contribution in [0.15, 0.2) is 42.5 Å². The quantitative estimate of drug-likeness (QED) is 0.875. The predicted molar refractivity (Wildman–Crippen MR) is 93.0 cm³/mol. The van der Waals surface area contributed by atoms with Gasteiger partial charge in [0.15, 0.2) is 0 Å². The van der Waals surface area contributed by atoms with Gasteiger partial charge in [0, 0.05) is 24.2 Å². The fourth-order valence-corrected chi connectivity index (χ4v) is 2.71. The van der Waals surface area contributed by atoms with Crippen LogP contribution in [0.2, 0.25) is 0 Å². The van der Waals surface area contributed by atoms with E-state index in [2.05, 4.69) is 62.9 Å². The average molecular weight is 297 g/mol.